The van der Waals surface area contributed by atoms with E-state index in [4.69, 9.17) is 16.9 Å². The first kappa shape index (κ1) is 13.3. The zero-order valence-corrected chi connectivity index (χ0v) is 10.00. The standard InChI is InChI=1S/C12H5ClF3N3/c13-10-6-18-8(4-17)3-9(10)7-1-2-11(19-5-7)12(14,15)16/h1-3,5-6H. The third kappa shape index (κ3) is 2.83. The molecule has 3 nitrogen and oxygen atoms in total. The number of nitriles is 1. The van der Waals surface area contributed by atoms with Crippen molar-refractivity contribution in [2.45, 2.75) is 6.18 Å². The van der Waals surface area contributed by atoms with Crippen LogP contribution in [0.4, 0.5) is 13.2 Å². The lowest BCUT2D eigenvalue weighted by Crippen LogP contribution is -2.07. The minimum atomic E-state index is -4.49. The predicted octanol–water partition coefficient (Wildman–Crippen LogP) is 3.69. The molecule has 0 bridgehead atoms. The molecule has 0 aliphatic rings. The molecule has 2 aromatic rings. The summed E-state index contributed by atoms with van der Waals surface area (Å²) in [7, 11) is 0. The Bertz CT molecular complexity index is 645. The van der Waals surface area contributed by atoms with Gasteiger partial charge < -0.3 is 0 Å². The summed E-state index contributed by atoms with van der Waals surface area (Å²) in [6, 6.07) is 5.33. The van der Waals surface area contributed by atoms with Crippen LogP contribution < -0.4 is 0 Å². The van der Waals surface area contributed by atoms with Crippen molar-refractivity contribution >= 4 is 11.6 Å². The van der Waals surface area contributed by atoms with Crippen LogP contribution in [-0.4, -0.2) is 9.97 Å². The van der Waals surface area contributed by atoms with E-state index < -0.39 is 11.9 Å². The van der Waals surface area contributed by atoms with Gasteiger partial charge in [0.15, 0.2) is 0 Å². The Hall–Kier alpha value is -2.13. The fourth-order valence-corrected chi connectivity index (χ4v) is 1.65. The molecule has 0 aliphatic heterocycles. The summed E-state index contributed by atoms with van der Waals surface area (Å²) >= 11 is 5.90. The molecule has 2 rings (SSSR count). The number of hydrogen-bond donors (Lipinski definition) is 0. The summed E-state index contributed by atoms with van der Waals surface area (Å²) < 4.78 is 37.1. The Morgan fingerprint density at radius 3 is 2.42 bits per heavy atom. The number of aromatic nitrogens is 2. The molecule has 0 saturated carbocycles. The van der Waals surface area contributed by atoms with Crippen LogP contribution in [0.1, 0.15) is 11.4 Å². The summed E-state index contributed by atoms with van der Waals surface area (Å²) in [5, 5.41) is 8.97. The molecule has 0 amide bonds. The maximum atomic E-state index is 12.4. The molecule has 7 heteroatoms. The average molecular weight is 284 g/mol. The van der Waals surface area contributed by atoms with Gasteiger partial charge in [-0.05, 0) is 12.1 Å². The molecule has 96 valence electrons. The van der Waals surface area contributed by atoms with Gasteiger partial charge in [-0.3, -0.25) is 4.98 Å². The summed E-state index contributed by atoms with van der Waals surface area (Å²) in [6.07, 6.45) is -2.16. The maximum absolute atomic E-state index is 12.4. The van der Waals surface area contributed by atoms with Gasteiger partial charge in [-0.1, -0.05) is 17.7 Å². The smallest absolute Gasteiger partial charge is 0.251 e. The van der Waals surface area contributed by atoms with Crippen molar-refractivity contribution in [3.63, 3.8) is 0 Å². The lowest BCUT2D eigenvalue weighted by Gasteiger charge is -2.07. The van der Waals surface area contributed by atoms with Gasteiger partial charge in [0.05, 0.1) is 5.02 Å². The van der Waals surface area contributed by atoms with E-state index in [0.29, 0.717) is 11.1 Å². The fourth-order valence-electron chi connectivity index (χ4n) is 1.44. The zero-order valence-electron chi connectivity index (χ0n) is 9.24. The maximum Gasteiger partial charge on any atom is 0.433 e. The van der Waals surface area contributed by atoms with E-state index in [2.05, 4.69) is 9.97 Å². The molecule has 0 spiro atoms. The molecule has 0 fully saturated rings. The van der Waals surface area contributed by atoms with Crippen molar-refractivity contribution < 1.29 is 13.2 Å². The van der Waals surface area contributed by atoms with Crippen LogP contribution in [-0.2, 0) is 6.18 Å². The van der Waals surface area contributed by atoms with Gasteiger partial charge in [0, 0.05) is 23.5 Å². The van der Waals surface area contributed by atoms with Crippen molar-refractivity contribution in [1.29, 1.82) is 5.26 Å². The molecule has 0 aromatic carbocycles. The summed E-state index contributed by atoms with van der Waals surface area (Å²) in [5.41, 5.74) is -0.0624. The van der Waals surface area contributed by atoms with Crippen molar-refractivity contribution in [1.82, 2.24) is 9.97 Å². The summed E-state index contributed by atoms with van der Waals surface area (Å²) in [5.74, 6) is 0. The van der Waals surface area contributed by atoms with Crippen molar-refractivity contribution in [3.05, 3.63) is 47.0 Å². The molecule has 0 aliphatic carbocycles. The molecule has 0 saturated heterocycles. The second kappa shape index (κ2) is 4.86. The quantitative estimate of drug-likeness (QED) is 0.802. The number of nitrogens with zero attached hydrogens (tertiary/aromatic N) is 3. The number of hydrogen-bond acceptors (Lipinski definition) is 3. The van der Waals surface area contributed by atoms with Crippen LogP contribution in [0.5, 0.6) is 0 Å². The van der Waals surface area contributed by atoms with Gasteiger partial charge in [-0.15, -0.1) is 0 Å². The van der Waals surface area contributed by atoms with E-state index >= 15 is 0 Å². The van der Waals surface area contributed by atoms with E-state index in [9.17, 15) is 13.2 Å². The van der Waals surface area contributed by atoms with Crippen molar-refractivity contribution in [3.8, 4) is 17.2 Å². The van der Waals surface area contributed by atoms with Crippen molar-refractivity contribution in [2.75, 3.05) is 0 Å². The Morgan fingerprint density at radius 1 is 1.16 bits per heavy atom. The summed E-state index contributed by atoms with van der Waals surface area (Å²) in [4.78, 5) is 7.08. The van der Waals surface area contributed by atoms with Gasteiger partial charge in [0.25, 0.3) is 0 Å². The van der Waals surface area contributed by atoms with Gasteiger partial charge >= 0.3 is 6.18 Å². The van der Waals surface area contributed by atoms with Crippen LogP contribution in [0, 0.1) is 11.3 Å². The first-order chi connectivity index (χ1) is 8.91. The minimum absolute atomic E-state index is 0.124. The monoisotopic (exact) mass is 283 g/mol. The Morgan fingerprint density at radius 2 is 1.89 bits per heavy atom. The highest BCUT2D eigenvalue weighted by Crippen LogP contribution is 2.31. The molecular weight excluding hydrogens is 279 g/mol. The normalized spacial score (nSPS) is 11.1. The van der Waals surface area contributed by atoms with E-state index in [1.165, 1.54) is 18.3 Å². The number of rotatable bonds is 1. The Kier molecular flexibility index (Phi) is 3.40. The molecule has 0 N–H and O–H groups in total. The largest absolute Gasteiger partial charge is 0.433 e. The first-order valence-electron chi connectivity index (χ1n) is 5.01. The highest BCUT2D eigenvalue weighted by atomic mass is 35.5. The SMILES string of the molecule is N#Cc1cc(-c2ccc(C(F)(F)F)nc2)c(Cl)cn1. The number of pyridine rings is 2. The second-order valence-corrected chi connectivity index (χ2v) is 4.00. The van der Waals surface area contributed by atoms with Crippen molar-refractivity contribution in [2.24, 2.45) is 0 Å². The lowest BCUT2D eigenvalue weighted by molar-refractivity contribution is -0.141. The first-order valence-corrected chi connectivity index (χ1v) is 5.39. The van der Waals surface area contributed by atoms with Gasteiger partial charge in [-0.2, -0.15) is 18.4 Å². The van der Waals surface area contributed by atoms with Gasteiger partial charge in [0.2, 0.25) is 0 Å². The van der Waals surface area contributed by atoms with E-state index in [0.717, 1.165) is 12.3 Å². The van der Waals surface area contributed by atoms with Crippen LogP contribution in [0.2, 0.25) is 5.02 Å². The third-order valence-corrected chi connectivity index (χ3v) is 2.64. The van der Waals surface area contributed by atoms with E-state index in [1.54, 1.807) is 0 Å². The summed E-state index contributed by atoms with van der Waals surface area (Å²) in [6.45, 7) is 0. The molecule has 2 heterocycles. The Labute approximate surface area is 111 Å². The highest BCUT2D eigenvalue weighted by molar-refractivity contribution is 6.33. The molecule has 0 unspecified atom stereocenters. The molecule has 19 heavy (non-hydrogen) atoms. The highest BCUT2D eigenvalue weighted by Gasteiger charge is 2.32. The van der Waals surface area contributed by atoms with Crippen LogP contribution in [0.3, 0.4) is 0 Å². The predicted molar refractivity (Wildman–Crippen MR) is 62.2 cm³/mol. The number of halogens is 4. The topological polar surface area (TPSA) is 49.6 Å². The number of alkyl halides is 3. The zero-order chi connectivity index (χ0) is 14.0. The average Bonchev–Trinajstić information content (AvgIpc) is 2.38. The van der Waals surface area contributed by atoms with Crippen LogP contribution in [0.15, 0.2) is 30.6 Å². The molecular formula is C12H5ClF3N3. The van der Waals surface area contributed by atoms with E-state index in [-0.39, 0.29) is 10.7 Å². The van der Waals surface area contributed by atoms with Crippen LogP contribution >= 0.6 is 11.6 Å². The van der Waals surface area contributed by atoms with E-state index in [1.807, 2.05) is 6.07 Å². The molecule has 2 aromatic heterocycles. The Balaban J connectivity index is 2.46. The second-order valence-electron chi connectivity index (χ2n) is 3.59. The molecule has 0 radical (unpaired) electrons. The van der Waals surface area contributed by atoms with Gasteiger partial charge in [-0.25, -0.2) is 4.98 Å². The van der Waals surface area contributed by atoms with Gasteiger partial charge in [0.1, 0.15) is 17.5 Å². The minimum Gasteiger partial charge on any atom is -0.251 e. The third-order valence-electron chi connectivity index (χ3n) is 2.33. The van der Waals surface area contributed by atoms with Crippen LogP contribution in [0.25, 0.3) is 11.1 Å². The lowest BCUT2D eigenvalue weighted by atomic mass is 10.1. The molecule has 0 atom stereocenters. The fraction of sp³-hybridized carbons (Fsp3) is 0.0833.